The molecule has 1 aromatic rings. The third-order valence-corrected chi connectivity index (χ3v) is 4.16. The summed E-state index contributed by atoms with van der Waals surface area (Å²) in [4.78, 5) is 24.1. The second-order valence-electron chi connectivity index (χ2n) is 5.76. The first kappa shape index (κ1) is 16.3. The Morgan fingerprint density at radius 1 is 1.23 bits per heavy atom. The second kappa shape index (κ2) is 7.29. The van der Waals surface area contributed by atoms with Gasteiger partial charge in [-0.3, -0.25) is 4.79 Å². The van der Waals surface area contributed by atoms with Gasteiger partial charge < -0.3 is 15.2 Å². The lowest BCUT2D eigenvalue weighted by atomic mass is 9.81. The van der Waals surface area contributed by atoms with Gasteiger partial charge in [-0.2, -0.15) is 0 Å². The molecule has 2 rings (SSSR count). The molecule has 0 bridgehead atoms. The van der Waals surface area contributed by atoms with Gasteiger partial charge in [-0.05, 0) is 31.4 Å². The van der Waals surface area contributed by atoms with Crippen LogP contribution in [-0.4, -0.2) is 28.6 Å². The van der Waals surface area contributed by atoms with Crippen molar-refractivity contribution in [3.05, 3.63) is 30.3 Å². The molecule has 5 heteroatoms. The molecule has 5 nitrogen and oxygen atoms in total. The minimum Gasteiger partial charge on any atom is -0.481 e. The fraction of sp³-hybridized carbons (Fsp3) is 0.529. The number of carbonyl (C=O) groups excluding carboxylic acids is 1. The fourth-order valence-electron chi connectivity index (χ4n) is 2.85. The average Bonchev–Trinajstić information content (AvgIpc) is 2.54. The summed E-state index contributed by atoms with van der Waals surface area (Å²) >= 11 is 0. The van der Waals surface area contributed by atoms with E-state index >= 15 is 0 Å². The third-order valence-electron chi connectivity index (χ3n) is 4.16. The first-order valence-electron chi connectivity index (χ1n) is 7.84. The summed E-state index contributed by atoms with van der Waals surface area (Å²) in [7, 11) is 0. The maximum atomic E-state index is 12.5. The van der Waals surface area contributed by atoms with E-state index in [1.54, 1.807) is 12.1 Å². The van der Waals surface area contributed by atoms with Gasteiger partial charge in [0.25, 0.3) is 5.91 Å². The number of benzene rings is 1. The number of hydrogen-bond donors (Lipinski definition) is 2. The Morgan fingerprint density at radius 3 is 2.41 bits per heavy atom. The number of rotatable bonds is 6. The summed E-state index contributed by atoms with van der Waals surface area (Å²) in [5.41, 5.74) is -1.14. The minimum atomic E-state index is -1.14. The summed E-state index contributed by atoms with van der Waals surface area (Å²) in [6, 6.07) is 9.10. The Kier molecular flexibility index (Phi) is 5.41. The number of carboxylic acids is 1. The highest BCUT2D eigenvalue weighted by Gasteiger charge is 2.42. The van der Waals surface area contributed by atoms with Gasteiger partial charge in [0.2, 0.25) is 0 Å². The van der Waals surface area contributed by atoms with E-state index in [9.17, 15) is 14.7 Å². The minimum absolute atomic E-state index is 0.351. The smallest absolute Gasteiger partial charge is 0.329 e. The Morgan fingerprint density at radius 2 is 1.86 bits per heavy atom. The molecule has 1 saturated carbocycles. The van der Waals surface area contributed by atoms with Crippen LogP contribution in [0.4, 0.5) is 0 Å². The highest BCUT2D eigenvalue weighted by Crippen LogP contribution is 2.29. The molecular weight excluding hydrogens is 282 g/mol. The molecule has 120 valence electrons. The van der Waals surface area contributed by atoms with Crippen molar-refractivity contribution < 1.29 is 19.4 Å². The summed E-state index contributed by atoms with van der Waals surface area (Å²) in [5, 5.41) is 12.3. The summed E-state index contributed by atoms with van der Waals surface area (Å²) < 4.78 is 5.69. The lowest BCUT2D eigenvalue weighted by Crippen LogP contribution is -2.58. The molecule has 0 unspecified atom stereocenters. The van der Waals surface area contributed by atoms with E-state index in [4.69, 9.17) is 4.74 Å². The van der Waals surface area contributed by atoms with Crippen LogP contribution in [0.25, 0.3) is 0 Å². The standard InChI is InChI=1S/C17H23NO4/c1-2-14(22-13-9-5-3-6-10-13)15(19)18-17(16(20)21)11-7-4-8-12-17/h3,5-6,9-10,14H,2,4,7-8,11-12H2,1H3,(H,18,19)(H,20,21)/t14-/m1/s1. The highest BCUT2D eigenvalue weighted by molar-refractivity contribution is 5.89. The van der Waals surface area contributed by atoms with E-state index < -0.39 is 17.6 Å². The zero-order valence-corrected chi connectivity index (χ0v) is 12.9. The molecule has 1 atom stereocenters. The van der Waals surface area contributed by atoms with Gasteiger partial charge in [-0.1, -0.05) is 44.4 Å². The number of hydrogen-bond acceptors (Lipinski definition) is 3. The van der Waals surface area contributed by atoms with Crippen molar-refractivity contribution in [2.45, 2.75) is 57.1 Å². The Labute approximate surface area is 130 Å². The van der Waals surface area contributed by atoms with E-state index in [-0.39, 0.29) is 5.91 Å². The van der Waals surface area contributed by atoms with E-state index in [1.807, 2.05) is 25.1 Å². The zero-order chi connectivity index (χ0) is 16.0. The topological polar surface area (TPSA) is 75.6 Å². The molecule has 22 heavy (non-hydrogen) atoms. The number of nitrogens with one attached hydrogen (secondary N) is 1. The maximum absolute atomic E-state index is 12.5. The average molecular weight is 305 g/mol. The molecule has 2 N–H and O–H groups in total. The van der Waals surface area contributed by atoms with Gasteiger partial charge in [0.05, 0.1) is 0 Å². The summed E-state index contributed by atoms with van der Waals surface area (Å²) in [5.74, 6) is -0.691. The van der Waals surface area contributed by atoms with Crippen molar-refractivity contribution in [1.82, 2.24) is 5.32 Å². The molecular formula is C17H23NO4. The Hall–Kier alpha value is -2.04. The number of carbonyl (C=O) groups is 2. The van der Waals surface area contributed by atoms with Gasteiger partial charge in [0, 0.05) is 0 Å². The molecule has 0 radical (unpaired) electrons. The van der Waals surface area contributed by atoms with E-state index in [0.717, 1.165) is 19.3 Å². The van der Waals surface area contributed by atoms with Crippen molar-refractivity contribution in [2.24, 2.45) is 0 Å². The van der Waals surface area contributed by atoms with Crippen LogP contribution in [0, 0.1) is 0 Å². The predicted molar refractivity (Wildman–Crippen MR) is 82.7 cm³/mol. The van der Waals surface area contributed by atoms with Crippen LogP contribution in [0.5, 0.6) is 5.75 Å². The molecule has 0 aromatic heterocycles. The summed E-state index contributed by atoms with van der Waals surface area (Å²) in [6.07, 6.45) is 3.43. The molecule has 0 heterocycles. The molecule has 0 spiro atoms. The third kappa shape index (κ3) is 3.78. The lowest BCUT2D eigenvalue weighted by molar-refractivity contribution is -0.150. The maximum Gasteiger partial charge on any atom is 0.329 e. The largest absolute Gasteiger partial charge is 0.481 e. The molecule has 1 fully saturated rings. The lowest BCUT2D eigenvalue weighted by Gasteiger charge is -2.35. The number of ether oxygens (including phenoxy) is 1. The Bertz CT molecular complexity index is 509. The highest BCUT2D eigenvalue weighted by atomic mass is 16.5. The van der Waals surface area contributed by atoms with Gasteiger partial charge in [0.1, 0.15) is 11.3 Å². The molecule has 0 saturated heterocycles. The van der Waals surface area contributed by atoms with Crippen molar-refractivity contribution >= 4 is 11.9 Å². The van der Waals surface area contributed by atoms with Gasteiger partial charge in [-0.25, -0.2) is 4.79 Å². The normalized spacial score (nSPS) is 18.2. The first-order chi connectivity index (χ1) is 10.6. The van der Waals surface area contributed by atoms with Crippen molar-refractivity contribution in [1.29, 1.82) is 0 Å². The van der Waals surface area contributed by atoms with Crippen molar-refractivity contribution in [2.75, 3.05) is 0 Å². The van der Waals surface area contributed by atoms with Gasteiger partial charge in [0.15, 0.2) is 6.10 Å². The van der Waals surface area contributed by atoms with Crippen LogP contribution in [0.15, 0.2) is 30.3 Å². The number of amides is 1. The van der Waals surface area contributed by atoms with Crippen LogP contribution < -0.4 is 10.1 Å². The van der Waals surface area contributed by atoms with Crippen LogP contribution in [0.3, 0.4) is 0 Å². The quantitative estimate of drug-likeness (QED) is 0.847. The monoisotopic (exact) mass is 305 g/mol. The molecule has 1 aliphatic carbocycles. The van der Waals surface area contributed by atoms with E-state index in [1.165, 1.54) is 0 Å². The molecule has 0 aliphatic heterocycles. The predicted octanol–water partition coefficient (Wildman–Crippen LogP) is 2.75. The molecule has 1 aromatic carbocycles. The van der Waals surface area contributed by atoms with Gasteiger partial charge >= 0.3 is 5.97 Å². The van der Waals surface area contributed by atoms with Crippen LogP contribution in [0.1, 0.15) is 45.4 Å². The van der Waals surface area contributed by atoms with Crippen molar-refractivity contribution in [3.63, 3.8) is 0 Å². The van der Waals surface area contributed by atoms with Crippen LogP contribution >= 0.6 is 0 Å². The molecule has 1 amide bonds. The van der Waals surface area contributed by atoms with E-state index in [2.05, 4.69) is 5.32 Å². The van der Waals surface area contributed by atoms with E-state index in [0.29, 0.717) is 25.0 Å². The van der Waals surface area contributed by atoms with Gasteiger partial charge in [-0.15, -0.1) is 0 Å². The summed E-state index contributed by atoms with van der Waals surface area (Å²) in [6.45, 7) is 1.85. The fourth-order valence-corrected chi connectivity index (χ4v) is 2.85. The van der Waals surface area contributed by atoms with Crippen LogP contribution in [0.2, 0.25) is 0 Å². The second-order valence-corrected chi connectivity index (χ2v) is 5.76. The first-order valence-corrected chi connectivity index (χ1v) is 7.84. The number of carboxylic acid groups (broad SMARTS) is 1. The molecule has 1 aliphatic rings. The zero-order valence-electron chi connectivity index (χ0n) is 12.9. The van der Waals surface area contributed by atoms with Crippen LogP contribution in [-0.2, 0) is 9.59 Å². The Balaban J connectivity index is 2.06. The number of aliphatic carboxylic acids is 1. The number of para-hydroxylation sites is 1. The SMILES string of the molecule is CC[C@@H](Oc1ccccc1)C(=O)NC1(C(=O)O)CCCCC1. The van der Waals surface area contributed by atoms with Crippen molar-refractivity contribution in [3.8, 4) is 5.75 Å².